The summed E-state index contributed by atoms with van der Waals surface area (Å²) < 4.78 is 10.8. The van der Waals surface area contributed by atoms with Crippen molar-refractivity contribution in [1.82, 2.24) is 15.5 Å². The lowest BCUT2D eigenvalue weighted by Crippen LogP contribution is -2.38. The van der Waals surface area contributed by atoms with Gasteiger partial charge in [-0.3, -0.25) is 4.79 Å². The van der Waals surface area contributed by atoms with Crippen LogP contribution in [0.5, 0.6) is 0 Å². The Kier molecular flexibility index (Phi) is 5.07. The molecule has 1 amide bonds. The van der Waals surface area contributed by atoms with Gasteiger partial charge < -0.3 is 14.6 Å². The van der Waals surface area contributed by atoms with Gasteiger partial charge in [0, 0.05) is 13.2 Å². The maximum absolute atomic E-state index is 12.6. The monoisotopic (exact) mass is 335 g/mol. The zero-order valence-electron chi connectivity index (χ0n) is 13.3. The van der Waals surface area contributed by atoms with E-state index in [1.807, 2.05) is 23.8 Å². The first-order chi connectivity index (χ1) is 11.1. The van der Waals surface area contributed by atoms with Gasteiger partial charge in [0.1, 0.15) is 6.04 Å². The van der Waals surface area contributed by atoms with Crippen LogP contribution in [-0.4, -0.2) is 29.3 Å². The first-order valence-corrected chi connectivity index (χ1v) is 8.80. The molecule has 7 heteroatoms. The number of aryl methyl sites for hydroxylation is 1. The second-order valence-corrected chi connectivity index (χ2v) is 6.67. The van der Waals surface area contributed by atoms with Gasteiger partial charge in [-0.05, 0) is 55.0 Å². The zero-order valence-corrected chi connectivity index (χ0v) is 14.1. The van der Waals surface area contributed by atoms with Crippen LogP contribution in [0.25, 0.3) is 0 Å². The molecule has 2 aromatic rings. The molecule has 3 heterocycles. The Bertz CT molecular complexity index is 635. The molecule has 1 aliphatic heterocycles. The highest BCUT2D eigenvalue weighted by atomic mass is 32.1. The lowest BCUT2D eigenvalue weighted by atomic mass is 9.90. The maximum Gasteiger partial charge on any atom is 0.249 e. The van der Waals surface area contributed by atoms with Crippen molar-refractivity contribution in [3.8, 4) is 0 Å². The first-order valence-electron chi connectivity index (χ1n) is 7.85. The molecule has 0 radical (unpaired) electrons. The number of ether oxygens (including phenoxy) is 1. The quantitative estimate of drug-likeness (QED) is 0.909. The second-order valence-electron chi connectivity index (χ2n) is 5.89. The molecule has 1 saturated heterocycles. The molecule has 0 unspecified atom stereocenters. The van der Waals surface area contributed by atoms with E-state index in [2.05, 4.69) is 15.5 Å². The molecule has 3 rings (SSSR count). The number of carbonyl (C=O) groups excluding carboxylic acids is 1. The van der Waals surface area contributed by atoms with Crippen LogP contribution in [0, 0.1) is 12.8 Å². The van der Waals surface area contributed by atoms with Gasteiger partial charge in [0.2, 0.25) is 11.8 Å². The van der Waals surface area contributed by atoms with Crippen molar-refractivity contribution in [2.75, 3.05) is 13.2 Å². The molecule has 0 saturated carbocycles. The number of rotatable bonds is 5. The lowest BCUT2D eigenvalue weighted by molar-refractivity contribution is -0.124. The van der Waals surface area contributed by atoms with E-state index in [1.54, 1.807) is 18.3 Å². The predicted octanol–water partition coefficient (Wildman–Crippen LogP) is 2.83. The number of hydrogen-bond acceptors (Lipinski definition) is 6. The molecule has 0 spiro atoms. The van der Waals surface area contributed by atoms with E-state index in [4.69, 9.17) is 9.26 Å². The Balaban J connectivity index is 1.76. The number of amides is 1. The fourth-order valence-electron chi connectivity index (χ4n) is 2.82. The molecule has 23 heavy (non-hydrogen) atoms. The molecule has 1 fully saturated rings. The van der Waals surface area contributed by atoms with E-state index in [9.17, 15) is 4.79 Å². The standard InChI is InChI=1S/C16H21N3O3S/c1-10(13-5-8-23-9-13)15(20)18-14(12-3-6-21-7-4-12)16-17-11(2)19-22-16/h5,8-10,12,14H,3-4,6-7H2,1-2H3,(H,18,20)/t10-,14-/m1/s1. The third-order valence-corrected chi connectivity index (χ3v) is 4.98. The SMILES string of the molecule is Cc1noc([C@H](NC(=O)[C@H](C)c2ccsc2)C2CCOCC2)n1. The van der Waals surface area contributed by atoms with Crippen molar-refractivity contribution in [2.24, 2.45) is 5.92 Å². The van der Waals surface area contributed by atoms with Crippen molar-refractivity contribution in [1.29, 1.82) is 0 Å². The third kappa shape index (κ3) is 3.79. The van der Waals surface area contributed by atoms with Crippen LogP contribution in [0.4, 0.5) is 0 Å². The summed E-state index contributed by atoms with van der Waals surface area (Å²) in [5.74, 6) is 1.10. The summed E-state index contributed by atoms with van der Waals surface area (Å²) in [5.41, 5.74) is 1.03. The van der Waals surface area contributed by atoms with Crippen molar-refractivity contribution in [3.05, 3.63) is 34.1 Å². The van der Waals surface area contributed by atoms with Crippen LogP contribution in [-0.2, 0) is 9.53 Å². The molecular formula is C16H21N3O3S. The molecule has 2 aromatic heterocycles. The van der Waals surface area contributed by atoms with Gasteiger partial charge in [0.15, 0.2) is 5.82 Å². The van der Waals surface area contributed by atoms with E-state index in [0.29, 0.717) is 24.9 Å². The molecular weight excluding hydrogens is 314 g/mol. The molecule has 6 nitrogen and oxygen atoms in total. The number of aromatic nitrogens is 2. The molecule has 0 bridgehead atoms. The fraction of sp³-hybridized carbons (Fsp3) is 0.562. The number of nitrogens with zero attached hydrogens (tertiary/aromatic N) is 2. The minimum Gasteiger partial charge on any atom is -0.381 e. The highest BCUT2D eigenvalue weighted by molar-refractivity contribution is 7.08. The smallest absolute Gasteiger partial charge is 0.249 e. The predicted molar refractivity (Wildman–Crippen MR) is 86.2 cm³/mol. The van der Waals surface area contributed by atoms with Crippen LogP contribution >= 0.6 is 11.3 Å². The average Bonchev–Trinajstić information content (AvgIpc) is 3.24. The number of nitrogens with one attached hydrogen (secondary N) is 1. The van der Waals surface area contributed by atoms with Gasteiger partial charge in [-0.15, -0.1) is 0 Å². The van der Waals surface area contributed by atoms with E-state index in [1.165, 1.54) is 0 Å². The van der Waals surface area contributed by atoms with Crippen LogP contribution in [0.1, 0.15) is 49.0 Å². The van der Waals surface area contributed by atoms with Crippen molar-refractivity contribution >= 4 is 17.2 Å². The highest BCUT2D eigenvalue weighted by Crippen LogP contribution is 2.30. The Labute approximate surface area is 139 Å². The zero-order chi connectivity index (χ0) is 16.2. The van der Waals surface area contributed by atoms with Gasteiger partial charge in [-0.2, -0.15) is 16.3 Å². The van der Waals surface area contributed by atoms with E-state index < -0.39 is 0 Å². The Morgan fingerprint density at radius 3 is 2.83 bits per heavy atom. The number of carbonyl (C=O) groups is 1. The Hall–Kier alpha value is -1.73. The topological polar surface area (TPSA) is 77.2 Å². The first kappa shape index (κ1) is 16.1. The fourth-order valence-corrected chi connectivity index (χ4v) is 3.57. The number of thiophene rings is 1. The van der Waals surface area contributed by atoms with Crippen molar-refractivity contribution in [3.63, 3.8) is 0 Å². The normalized spacial score (nSPS) is 18.5. The summed E-state index contributed by atoms with van der Waals surface area (Å²) >= 11 is 1.59. The minimum absolute atomic E-state index is 0.0178. The third-order valence-electron chi connectivity index (χ3n) is 4.28. The highest BCUT2D eigenvalue weighted by Gasteiger charge is 2.32. The maximum atomic E-state index is 12.6. The minimum atomic E-state index is -0.256. The molecule has 0 aromatic carbocycles. The summed E-state index contributed by atoms with van der Waals surface area (Å²) in [6.45, 7) is 5.09. The average molecular weight is 335 g/mol. The molecule has 1 aliphatic rings. The Morgan fingerprint density at radius 1 is 1.43 bits per heavy atom. The summed E-state index contributed by atoms with van der Waals surface area (Å²) in [6.07, 6.45) is 1.75. The van der Waals surface area contributed by atoms with E-state index >= 15 is 0 Å². The summed E-state index contributed by atoms with van der Waals surface area (Å²) in [4.78, 5) is 17.0. The summed E-state index contributed by atoms with van der Waals surface area (Å²) in [5, 5.41) is 11.0. The van der Waals surface area contributed by atoms with Crippen molar-refractivity contribution in [2.45, 2.75) is 38.6 Å². The summed E-state index contributed by atoms with van der Waals surface area (Å²) in [6, 6.07) is 1.73. The molecule has 124 valence electrons. The van der Waals surface area contributed by atoms with Crippen LogP contribution in [0.2, 0.25) is 0 Å². The summed E-state index contributed by atoms with van der Waals surface area (Å²) in [7, 11) is 0. The van der Waals surface area contributed by atoms with Gasteiger partial charge in [-0.1, -0.05) is 5.16 Å². The molecule has 0 aliphatic carbocycles. The van der Waals surface area contributed by atoms with Crippen LogP contribution in [0.3, 0.4) is 0 Å². The lowest BCUT2D eigenvalue weighted by Gasteiger charge is -2.29. The van der Waals surface area contributed by atoms with Gasteiger partial charge in [0.05, 0.1) is 5.92 Å². The van der Waals surface area contributed by atoms with Gasteiger partial charge in [0.25, 0.3) is 0 Å². The van der Waals surface area contributed by atoms with Gasteiger partial charge in [-0.25, -0.2) is 0 Å². The van der Waals surface area contributed by atoms with Crippen molar-refractivity contribution < 1.29 is 14.1 Å². The largest absolute Gasteiger partial charge is 0.381 e. The van der Waals surface area contributed by atoms with Crippen LogP contribution in [0.15, 0.2) is 21.3 Å². The molecule has 1 N–H and O–H groups in total. The second kappa shape index (κ2) is 7.23. The Morgan fingerprint density at radius 2 is 2.22 bits per heavy atom. The molecule has 2 atom stereocenters. The van der Waals surface area contributed by atoms with E-state index in [-0.39, 0.29) is 23.8 Å². The van der Waals surface area contributed by atoms with E-state index in [0.717, 1.165) is 18.4 Å². The number of hydrogen-bond donors (Lipinski definition) is 1. The van der Waals surface area contributed by atoms with Gasteiger partial charge >= 0.3 is 0 Å². The van der Waals surface area contributed by atoms with Crippen LogP contribution < -0.4 is 5.32 Å².